The summed E-state index contributed by atoms with van der Waals surface area (Å²) in [5.74, 6) is -0.248. The minimum Gasteiger partial charge on any atom is -0.459 e. The lowest BCUT2D eigenvalue weighted by Crippen LogP contribution is -2.62. The van der Waals surface area contributed by atoms with E-state index < -0.39 is 0 Å². The van der Waals surface area contributed by atoms with Crippen LogP contribution in [-0.2, 0) is 9.57 Å². The van der Waals surface area contributed by atoms with Crippen LogP contribution >= 0.6 is 0 Å². The fourth-order valence-electron chi connectivity index (χ4n) is 3.53. The van der Waals surface area contributed by atoms with Crippen molar-refractivity contribution in [3.63, 3.8) is 0 Å². The molecule has 0 spiro atoms. The molecule has 0 N–H and O–H groups in total. The summed E-state index contributed by atoms with van der Waals surface area (Å²) < 4.78 is 5.75. The fraction of sp³-hybridized carbons (Fsp3) is 0.611. The molecular weight excluding hydrogens is 278 g/mol. The van der Waals surface area contributed by atoms with Gasteiger partial charge in [0.15, 0.2) is 0 Å². The van der Waals surface area contributed by atoms with Crippen molar-refractivity contribution >= 4 is 5.97 Å². The Bertz CT molecular complexity index is 492. The molecule has 0 aliphatic carbocycles. The second-order valence-electron chi connectivity index (χ2n) is 7.14. The number of esters is 1. The van der Waals surface area contributed by atoms with Crippen molar-refractivity contribution in [2.45, 2.75) is 64.6 Å². The van der Waals surface area contributed by atoms with Gasteiger partial charge < -0.3 is 4.74 Å². The van der Waals surface area contributed by atoms with Gasteiger partial charge in [-0.15, -0.1) is 0 Å². The SMILES string of the molecule is CCON1C(C)(C)CC(OC(=O)c2ccccc2)CC1(C)C. The summed E-state index contributed by atoms with van der Waals surface area (Å²) >= 11 is 0. The Morgan fingerprint density at radius 1 is 1.14 bits per heavy atom. The summed E-state index contributed by atoms with van der Waals surface area (Å²) in [5.41, 5.74) is 0.240. The van der Waals surface area contributed by atoms with E-state index >= 15 is 0 Å². The van der Waals surface area contributed by atoms with Gasteiger partial charge in [0.1, 0.15) is 6.10 Å². The van der Waals surface area contributed by atoms with Crippen molar-refractivity contribution in [1.29, 1.82) is 0 Å². The Labute approximate surface area is 133 Å². The third kappa shape index (κ3) is 3.68. The molecule has 1 aliphatic heterocycles. The number of carbonyl (C=O) groups is 1. The smallest absolute Gasteiger partial charge is 0.338 e. The van der Waals surface area contributed by atoms with Crippen molar-refractivity contribution in [3.05, 3.63) is 35.9 Å². The Balaban J connectivity index is 2.10. The van der Waals surface area contributed by atoms with Crippen LogP contribution in [0.5, 0.6) is 0 Å². The molecule has 0 bridgehead atoms. The second kappa shape index (κ2) is 6.39. The highest BCUT2D eigenvalue weighted by Gasteiger charge is 2.47. The number of nitrogens with zero attached hydrogens (tertiary/aromatic N) is 1. The van der Waals surface area contributed by atoms with Crippen molar-refractivity contribution in [2.75, 3.05) is 6.61 Å². The standard InChI is InChI=1S/C18H27NO3/c1-6-21-19-17(2,3)12-15(13-18(19,4)5)22-16(20)14-10-8-7-9-11-14/h7-11,15H,6,12-13H2,1-5H3. The predicted octanol–water partition coefficient (Wildman–Crippen LogP) is 3.82. The minimum absolute atomic E-state index is 0.102. The number of rotatable bonds is 4. The molecule has 0 radical (unpaired) electrons. The normalized spacial score (nSPS) is 21.5. The van der Waals surface area contributed by atoms with Gasteiger partial charge >= 0.3 is 5.97 Å². The van der Waals surface area contributed by atoms with Gasteiger partial charge in [-0.2, -0.15) is 5.06 Å². The van der Waals surface area contributed by atoms with E-state index in [1.165, 1.54) is 0 Å². The Hall–Kier alpha value is -1.39. The van der Waals surface area contributed by atoms with E-state index in [2.05, 4.69) is 32.8 Å². The summed E-state index contributed by atoms with van der Waals surface area (Å²) in [6.45, 7) is 11.2. The maximum atomic E-state index is 12.3. The maximum Gasteiger partial charge on any atom is 0.338 e. The molecule has 0 saturated carbocycles. The van der Waals surface area contributed by atoms with Crippen LogP contribution in [0.25, 0.3) is 0 Å². The first-order valence-corrected chi connectivity index (χ1v) is 7.95. The molecule has 1 aliphatic rings. The highest BCUT2D eigenvalue weighted by molar-refractivity contribution is 5.89. The van der Waals surface area contributed by atoms with Crippen LogP contribution in [0.3, 0.4) is 0 Å². The molecule has 22 heavy (non-hydrogen) atoms. The average molecular weight is 305 g/mol. The van der Waals surface area contributed by atoms with Crippen LogP contribution in [0.4, 0.5) is 0 Å². The van der Waals surface area contributed by atoms with E-state index in [4.69, 9.17) is 9.57 Å². The van der Waals surface area contributed by atoms with E-state index in [1.54, 1.807) is 12.1 Å². The number of benzene rings is 1. The van der Waals surface area contributed by atoms with Gasteiger partial charge in [0.25, 0.3) is 0 Å². The van der Waals surface area contributed by atoms with Crippen LogP contribution in [0.2, 0.25) is 0 Å². The monoisotopic (exact) mass is 305 g/mol. The van der Waals surface area contributed by atoms with Crippen molar-refractivity contribution in [3.8, 4) is 0 Å². The van der Waals surface area contributed by atoms with E-state index in [9.17, 15) is 4.79 Å². The van der Waals surface area contributed by atoms with Gasteiger partial charge in [-0.25, -0.2) is 4.79 Å². The maximum absolute atomic E-state index is 12.3. The Kier molecular flexibility index (Phi) is 4.93. The third-order valence-electron chi connectivity index (χ3n) is 4.10. The van der Waals surface area contributed by atoms with E-state index in [-0.39, 0.29) is 23.2 Å². The number of hydrogen-bond donors (Lipinski definition) is 0. The summed E-state index contributed by atoms with van der Waals surface area (Å²) in [7, 11) is 0. The molecular formula is C18H27NO3. The lowest BCUT2D eigenvalue weighted by atomic mass is 9.80. The predicted molar refractivity (Wildman–Crippen MR) is 86.5 cm³/mol. The van der Waals surface area contributed by atoms with E-state index in [1.807, 2.05) is 25.1 Å². The van der Waals surface area contributed by atoms with E-state index in [0.717, 1.165) is 12.8 Å². The number of carbonyl (C=O) groups excluding carboxylic acids is 1. The molecule has 122 valence electrons. The molecule has 2 rings (SSSR count). The molecule has 1 saturated heterocycles. The molecule has 0 atom stereocenters. The first-order chi connectivity index (χ1) is 10.3. The quantitative estimate of drug-likeness (QED) is 0.793. The zero-order valence-electron chi connectivity index (χ0n) is 14.3. The fourth-order valence-corrected chi connectivity index (χ4v) is 3.53. The van der Waals surface area contributed by atoms with Crippen molar-refractivity contribution in [1.82, 2.24) is 5.06 Å². The first-order valence-electron chi connectivity index (χ1n) is 7.95. The first kappa shape index (κ1) is 17.0. The van der Waals surface area contributed by atoms with Gasteiger partial charge in [0.05, 0.1) is 12.2 Å². The zero-order chi connectivity index (χ0) is 16.4. The molecule has 1 fully saturated rings. The highest BCUT2D eigenvalue weighted by atomic mass is 16.7. The average Bonchev–Trinajstić information content (AvgIpc) is 2.43. The number of hydroxylamine groups is 2. The zero-order valence-corrected chi connectivity index (χ0v) is 14.3. The van der Waals surface area contributed by atoms with Gasteiger partial charge in [-0.05, 0) is 46.8 Å². The van der Waals surface area contributed by atoms with Crippen molar-refractivity contribution < 1.29 is 14.4 Å². The summed E-state index contributed by atoms with van der Waals surface area (Å²) in [5, 5.41) is 2.06. The van der Waals surface area contributed by atoms with Crippen LogP contribution in [-0.4, -0.2) is 34.8 Å². The lowest BCUT2D eigenvalue weighted by molar-refractivity contribution is -0.289. The van der Waals surface area contributed by atoms with Gasteiger partial charge in [0.2, 0.25) is 0 Å². The lowest BCUT2D eigenvalue weighted by Gasteiger charge is -2.53. The van der Waals surface area contributed by atoms with Crippen LogP contribution in [0, 0.1) is 0 Å². The minimum atomic E-state index is -0.248. The van der Waals surface area contributed by atoms with Gasteiger partial charge in [-0.3, -0.25) is 4.84 Å². The number of hydrogen-bond acceptors (Lipinski definition) is 4. The molecule has 4 nitrogen and oxygen atoms in total. The Morgan fingerprint density at radius 3 is 2.18 bits per heavy atom. The molecule has 1 heterocycles. The largest absolute Gasteiger partial charge is 0.459 e. The summed E-state index contributed by atoms with van der Waals surface area (Å²) in [6.07, 6.45) is 1.42. The second-order valence-corrected chi connectivity index (χ2v) is 7.14. The van der Waals surface area contributed by atoms with E-state index in [0.29, 0.717) is 12.2 Å². The topological polar surface area (TPSA) is 38.8 Å². The number of ether oxygens (including phenoxy) is 1. The van der Waals surface area contributed by atoms with Crippen molar-refractivity contribution in [2.24, 2.45) is 0 Å². The third-order valence-corrected chi connectivity index (χ3v) is 4.10. The molecule has 4 heteroatoms. The highest BCUT2D eigenvalue weighted by Crippen LogP contribution is 2.39. The molecule has 0 aromatic heterocycles. The summed E-state index contributed by atoms with van der Waals surface area (Å²) in [4.78, 5) is 18.1. The molecule has 1 aromatic rings. The van der Waals surface area contributed by atoms with Crippen LogP contribution < -0.4 is 0 Å². The van der Waals surface area contributed by atoms with Crippen LogP contribution in [0.1, 0.15) is 57.8 Å². The molecule has 0 amide bonds. The molecule has 1 aromatic carbocycles. The Morgan fingerprint density at radius 2 is 1.68 bits per heavy atom. The molecule has 0 unspecified atom stereocenters. The van der Waals surface area contributed by atoms with Gasteiger partial charge in [-0.1, -0.05) is 18.2 Å². The van der Waals surface area contributed by atoms with Gasteiger partial charge in [0, 0.05) is 23.9 Å². The summed E-state index contributed by atoms with van der Waals surface area (Å²) in [6, 6.07) is 9.16. The van der Waals surface area contributed by atoms with Crippen LogP contribution in [0.15, 0.2) is 30.3 Å². The number of piperidine rings is 1.